The molecular formula is C20H24F2N2O2. The molecule has 3 rings (SSSR count). The molecule has 1 heterocycles. The van der Waals surface area contributed by atoms with Crippen LogP contribution in [-0.2, 0) is 0 Å². The maximum atomic E-state index is 13.5. The first-order valence-electron chi connectivity index (χ1n) is 9.01. The number of carbonyl (C=O) groups excluding carboxylic acids is 1. The van der Waals surface area contributed by atoms with Crippen molar-refractivity contribution in [1.82, 2.24) is 10.3 Å². The van der Waals surface area contributed by atoms with E-state index in [1.807, 2.05) is 13.8 Å². The quantitative estimate of drug-likeness (QED) is 0.809. The summed E-state index contributed by atoms with van der Waals surface area (Å²) in [6, 6.07) is 6.51. The third-order valence-electron chi connectivity index (χ3n) is 4.03. The number of aromatic nitrogens is 1. The van der Waals surface area contributed by atoms with Gasteiger partial charge in [0, 0.05) is 6.04 Å². The van der Waals surface area contributed by atoms with E-state index in [0.29, 0.717) is 5.75 Å². The molecule has 1 aliphatic carbocycles. The Kier molecular flexibility index (Phi) is 7.51. The Morgan fingerprint density at radius 1 is 1.08 bits per heavy atom. The number of ether oxygens (including phenoxy) is 1. The fraction of sp³-hybridized carbons (Fsp3) is 0.400. The minimum absolute atomic E-state index is 0.00341. The fourth-order valence-corrected chi connectivity index (χ4v) is 2.80. The van der Waals surface area contributed by atoms with Crippen molar-refractivity contribution < 1.29 is 18.3 Å². The highest BCUT2D eigenvalue weighted by Gasteiger charge is 2.21. The number of nitrogens with one attached hydrogen (secondary N) is 1. The van der Waals surface area contributed by atoms with Gasteiger partial charge in [0.05, 0.1) is 6.20 Å². The molecule has 4 nitrogen and oxygen atoms in total. The van der Waals surface area contributed by atoms with Crippen molar-refractivity contribution in [2.45, 2.75) is 52.0 Å². The first-order chi connectivity index (χ1) is 12.6. The first kappa shape index (κ1) is 19.8. The van der Waals surface area contributed by atoms with Crippen molar-refractivity contribution in [3.05, 3.63) is 53.7 Å². The molecule has 1 aliphatic rings. The maximum absolute atomic E-state index is 13.5. The zero-order valence-electron chi connectivity index (χ0n) is 15.1. The molecule has 1 N–H and O–H groups in total. The summed E-state index contributed by atoms with van der Waals surface area (Å²) in [5.41, 5.74) is 0.0323. The van der Waals surface area contributed by atoms with Gasteiger partial charge in [-0.15, -0.1) is 0 Å². The van der Waals surface area contributed by atoms with Crippen molar-refractivity contribution in [3.63, 3.8) is 0 Å². The van der Waals surface area contributed by atoms with Gasteiger partial charge in [0.25, 0.3) is 5.91 Å². The van der Waals surface area contributed by atoms with Gasteiger partial charge >= 0.3 is 0 Å². The molecule has 1 fully saturated rings. The van der Waals surface area contributed by atoms with Gasteiger partial charge in [-0.05, 0) is 43.2 Å². The van der Waals surface area contributed by atoms with Crippen LogP contribution < -0.4 is 10.1 Å². The van der Waals surface area contributed by atoms with Gasteiger partial charge in [0.2, 0.25) is 5.88 Å². The molecule has 140 valence electrons. The highest BCUT2D eigenvalue weighted by molar-refractivity contribution is 5.96. The fourth-order valence-electron chi connectivity index (χ4n) is 2.80. The van der Waals surface area contributed by atoms with E-state index in [1.54, 1.807) is 0 Å². The molecule has 0 spiro atoms. The Hall–Kier alpha value is -2.50. The lowest BCUT2D eigenvalue weighted by molar-refractivity contribution is 0.0924. The van der Waals surface area contributed by atoms with Crippen LogP contribution in [0.5, 0.6) is 11.6 Å². The van der Waals surface area contributed by atoms with Crippen molar-refractivity contribution >= 4 is 5.91 Å². The molecule has 1 saturated carbocycles. The summed E-state index contributed by atoms with van der Waals surface area (Å²) in [5.74, 6) is -1.11. The number of pyridine rings is 1. The Morgan fingerprint density at radius 2 is 1.73 bits per heavy atom. The van der Waals surface area contributed by atoms with E-state index in [0.717, 1.165) is 37.9 Å². The third kappa shape index (κ3) is 5.51. The van der Waals surface area contributed by atoms with Crippen molar-refractivity contribution in [2.24, 2.45) is 0 Å². The zero-order chi connectivity index (χ0) is 18.9. The highest BCUT2D eigenvalue weighted by Crippen LogP contribution is 2.25. The number of halogens is 2. The minimum Gasteiger partial charge on any atom is -0.438 e. The summed E-state index contributed by atoms with van der Waals surface area (Å²) >= 11 is 0. The smallest absolute Gasteiger partial charge is 0.257 e. The van der Waals surface area contributed by atoms with Gasteiger partial charge in [0.1, 0.15) is 22.9 Å². The van der Waals surface area contributed by atoms with Crippen LogP contribution in [0.4, 0.5) is 8.78 Å². The summed E-state index contributed by atoms with van der Waals surface area (Å²) in [6.07, 6.45) is 6.14. The molecule has 26 heavy (non-hydrogen) atoms. The predicted molar refractivity (Wildman–Crippen MR) is 96.4 cm³/mol. The topological polar surface area (TPSA) is 51.2 Å². The first-order valence-corrected chi connectivity index (χ1v) is 9.01. The Morgan fingerprint density at radius 3 is 2.38 bits per heavy atom. The van der Waals surface area contributed by atoms with Gasteiger partial charge in [-0.25, -0.2) is 13.8 Å². The van der Waals surface area contributed by atoms with Gasteiger partial charge in [-0.2, -0.15) is 0 Å². The van der Waals surface area contributed by atoms with Crippen LogP contribution in [0.15, 0.2) is 36.5 Å². The molecule has 0 unspecified atom stereocenters. The largest absolute Gasteiger partial charge is 0.438 e. The van der Waals surface area contributed by atoms with Crippen molar-refractivity contribution in [2.75, 3.05) is 0 Å². The summed E-state index contributed by atoms with van der Waals surface area (Å²) < 4.78 is 32.0. The molecule has 0 atom stereocenters. The normalized spacial score (nSPS) is 14.2. The van der Waals surface area contributed by atoms with E-state index < -0.39 is 17.5 Å². The van der Waals surface area contributed by atoms with E-state index in [1.165, 1.54) is 30.7 Å². The van der Waals surface area contributed by atoms with E-state index in [-0.39, 0.29) is 17.5 Å². The molecule has 0 saturated heterocycles. The van der Waals surface area contributed by atoms with Crippen LogP contribution in [0, 0.1) is 11.6 Å². The monoisotopic (exact) mass is 362 g/mol. The van der Waals surface area contributed by atoms with Gasteiger partial charge < -0.3 is 10.1 Å². The van der Waals surface area contributed by atoms with E-state index in [4.69, 9.17) is 4.74 Å². The van der Waals surface area contributed by atoms with Crippen LogP contribution in [0.25, 0.3) is 0 Å². The van der Waals surface area contributed by atoms with Crippen LogP contribution in [0.3, 0.4) is 0 Å². The summed E-state index contributed by atoms with van der Waals surface area (Å²) in [6.45, 7) is 4.00. The molecule has 1 aromatic carbocycles. The minimum atomic E-state index is -0.616. The maximum Gasteiger partial charge on any atom is 0.257 e. The second-order valence-corrected chi connectivity index (χ2v) is 5.87. The molecule has 6 heteroatoms. The third-order valence-corrected chi connectivity index (χ3v) is 4.03. The average Bonchev–Trinajstić information content (AvgIpc) is 2.67. The lowest BCUT2D eigenvalue weighted by atomic mass is 9.95. The van der Waals surface area contributed by atoms with Crippen LogP contribution in [0.2, 0.25) is 0 Å². The SMILES string of the molecule is CC.O=C(NC1CCCCC1)c1cc(F)cnc1Oc1ccc(F)cc1. The number of amides is 1. The second-order valence-electron chi connectivity index (χ2n) is 5.87. The molecule has 0 aliphatic heterocycles. The van der Waals surface area contributed by atoms with Gasteiger partial charge in [-0.3, -0.25) is 4.79 Å². The number of hydrogen-bond acceptors (Lipinski definition) is 3. The van der Waals surface area contributed by atoms with Gasteiger partial charge in [0.15, 0.2) is 0 Å². The second kappa shape index (κ2) is 9.85. The van der Waals surface area contributed by atoms with Gasteiger partial charge in [-0.1, -0.05) is 33.1 Å². The van der Waals surface area contributed by atoms with E-state index >= 15 is 0 Å². The van der Waals surface area contributed by atoms with Crippen molar-refractivity contribution in [3.8, 4) is 11.6 Å². The van der Waals surface area contributed by atoms with Crippen molar-refractivity contribution in [1.29, 1.82) is 0 Å². The van der Waals surface area contributed by atoms with E-state index in [2.05, 4.69) is 10.3 Å². The Labute approximate surface area is 152 Å². The number of carbonyl (C=O) groups is 1. The average molecular weight is 362 g/mol. The van der Waals surface area contributed by atoms with E-state index in [9.17, 15) is 13.6 Å². The number of benzene rings is 1. The summed E-state index contributed by atoms with van der Waals surface area (Å²) in [7, 11) is 0. The standard InChI is InChI=1S/C18H18F2N2O2.C2H6/c19-12-6-8-15(9-7-12)24-18-16(10-13(20)11-21-18)17(23)22-14-4-2-1-3-5-14;1-2/h6-11,14H,1-5H2,(H,22,23);1-2H3. The zero-order valence-corrected chi connectivity index (χ0v) is 15.1. The lowest BCUT2D eigenvalue weighted by Gasteiger charge is -2.23. The Bertz CT molecular complexity index is 714. The van der Waals surface area contributed by atoms with Crippen LogP contribution >= 0.6 is 0 Å². The molecule has 1 aromatic heterocycles. The van der Waals surface area contributed by atoms with Crippen LogP contribution in [-0.4, -0.2) is 16.9 Å². The molecular weight excluding hydrogens is 338 g/mol. The lowest BCUT2D eigenvalue weighted by Crippen LogP contribution is -2.36. The highest BCUT2D eigenvalue weighted by atomic mass is 19.1. The Balaban J connectivity index is 0.00000117. The predicted octanol–water partition coefficient (Wildman–Crippen LogP) is 5.24. The number of hydrogen-bond donors (Lipinski definition) is 1. The molecule has 0 bridgehead atoms. The van der Waals surface area contributed by atoms with Crippen LogP contribution in [0.1, 0.15) is 56.3 Å². The molecule has 1 amide bonds. The summed E-state index contributed by atoms with van der Waals surface area (Å²) in [4.78, 5) is 16.3. The summed E-state index contributed by atoms with van der Waals surface area (Å²) in [5, 5.41) is 2.91. The number of nitrogens with zero attached hydrogens (tertiary/aromatic N) is 1. The molecule has 2 aromatic rings. The molecule has 0 radical (unpaired) electrons. The number of rotatable bonds is 4.